The van der Waals surface area contributed by atoms with Gasteiger partial charge in [-0.05, 0) is 36.8 Å². The summed E-state index contributed by atoms with van der Waals surface area (Å²) in [6.07, 6.45) is 14.2. The third-order valence-electron chi connectivity index (χ3n) is 7.20. The molecule has 0 bridgehead atoms. The fraction of sp³-hybridized carbons (Fsp3) is 0.469. The Morgan fingerprint density at radius 2 is 1.16 bits per heavy atom. The van der Waals surface area contributed by atoms with Gasteiger partial charge in [-0.25, -0.2) is 6.07 Å². The average Bonchev–Trinajstić information content (AvgIpc) is 3.29. The molecule has 5 heteroatoms. The van der Waals surface area contributed by atoms with Crippen LogP contribution < -0.4 is 47.6 Å². The number of rotatable bonds is 14. The number of unbranched alkanes of at least 4 members (excludes halogenated alkanes) is 6. The number of aryl methyl sites for hydroxylation is 2. The number of hydrogen-bond acceptors (Lipinski definition) is 0. The van der Waals surface area contributed by atoms with Crippen molar-refractivity contribution in [3.8, 4) is 0 Å². The van der Waals surface area contributed by atoms with E-state index in [2.05, 4.69) is 93.7 Å². The van der Waals surface area contributed by atoms with Gasteiger partial charge in [-0.3, -0.25) is 0 Å². The summed E-state index contributed by atoms with van der Waals surface area (Å²) in [5.41, 5.74) is 6.00. The zero-order chi connectivity index (χ0) is 23.5. The molecule has 0 aliphatic carbocycles. The van der Waals surface area contributed by atoms with E-state index < -0.39 is 8.07 Å². The Hall–Kier alpha value is -0.409. The fourth-order valence-corrected chi connectivity index (χ4v) is 7.39. The van der Waals surface area contributed by atoms with Crippen molar-refractivity contribution in [3.05, 3.63) is 89.0 Å². The van der Waals surface area contributed by atoms with E-state index in [9.17, 15) is 0 Å². The first-order valence-corrected chi connectivity index (χ1v) is 16.5. The van der Waals surface area contributed by atoms with Gasteiger partial charge in [0, 0.05) is 0 Å². The summed E-state index contributed by atoms with van der Waals surface area (Å²) < 4.78 is 0. The summed E-state index contributed by atoms with van der Waals surface area (Å²) in [6.45, 7) is 9.70. The van der Waals surface area contributed by atoms with Crippen molar-refractivity contribution in [1.82, 2.24) is 0 Å². The molecule has 0 saturated carbocycles. The molecule has 3 aromatic rings. The molecule has 0 aromatic heterocycles. The van der Waals surface area contributed by atoms with Crippen molar-refractivity contribution in [2.45, 2.75) is 97.6 Å². The van der Waals surface area contributed by atoms with Crippen LogP contribution >= 0.6 is 0 Å². The zero-order valence-electron chi connectivity index (χ0n) is 23.3. The molecule has 0 fully saturated rings. The Labute approximate surface area is 262 Å². The molecule has 0 atom stereocenters. The van der Waals surface area contributed by atoms with Gasteiger partial charge in [0.05, 0.1) is 8.07 Å². The van der Waals surface area contributed by atoms with Gasteiger partial charge in [0.2, 0.25) is 0 Å². The first kappa shape index (κ1) is 38.7. The standard InChI is InChI=1S/C32H45Si.3ClH.Ti/c1-5-7-9-12-18-28-23-29(19-13-10-8-6-2)26-32(25-28)33(3,4)31-21-20-30(24-31)22-27-16-14-11-15-17-27;;;;/h11,14-17,20-21,23-26H,5-10,12-13,18-19,22H2,1-4H3;3*1H;/q-1;;;;+4/p-3. The van der Waals surface area contributed by atoms with E-state index in [4.69, 9.17) is 0 Å². The molecular formula is C32H45Cl3SiTi. The predicted octanol–water partition coefficient (Wildman–Crippen LogP) is -0.926. The van der Waals surface area contributed by atoms with E-state index in [-0.39, 0.29) is 58.9 Å². The van der Waals surface area contributed by atoms with Crippen LogP contribution in [0.5, 0.6) is 0 Å². The molecular weight excluding hydrogens is 567 g/mol. The molecule has 3 aromatic carbocycles. The van der Waals surface area contributed by atoms with Crippen LogP contribution in [0.4, 0.5) is 0 Å². The van der Waals surface area contributed by atoms with Crippen LogP contribution in [0.15, 0.2) is 66.7 Å². The van der Waals surface area contributed by atoms with E-state index >= 15 is 0 Å². The maximum absolute atomic E-state index is 2.57. The van der Waals surface area contributed by atoms with Crippen LogP contribution in [-0.2, 0) is 41.0 Å². The smallest absolute Gasteiger partial charge is 1.00 e. The van der Waals surface area contributed by atoms with Crippen LogP contribution in [0.25, 0.3) is 0 Å². The van der Waals surface area contributed by atoms with Crippen LogP contribution in [0.3, 0.4) is 0 Å². The molecule has 37 heavy (non-hydrogen) atoms. The normalized spacial score (nSPS) is 10.5. The fourth-order valence-electron chi connectivity index (χ4n) is 4.91. The van der Waals surface area contributed by atoms with Gasteiger partial charge in [0.25, 0.3) is 0 Å². The summed E-state index contributed by atoms with van der Waals surface area (Å²) in [6, 6.07) is 25.8. The molecule has 0 N–H and O–H groups in total. The average molecular weight is 612 g/mol. The quantitative estimate of drug-likeness (QED) is 0.126. The molecule has 3 rings (SSSR count). The SMILES string of the molecule is CCCCCCc1cc(CCCCCC)cc([Si](C)(C)[c-]2ccc(Cc3ccccc3)c2)c1.[Cl-].[Cl-].[Cl-].[Ti+4]. The summed E-state index contributed by atoms with van der Waals surface area (Å²) in [7, 11) is -1.72. The predicted molar refractivity (Wildman–Crippen MR) is 150 cm³/mol. The maximum atomic E-state index is 2.57. The Bertz CT molecular complexity index is 939. The van der Waals surface area contributed by atoms with Crippen molar-refractivity contribution in [1.29, 1.82) is 0 Å². The van der Waals surface area contributed by atoms with Crippen molar-refractivity contribution in [3.63, 3.8) is 0 Å². The first-order chi connectivity index (χ1) is 16.0. The maximum Gasteiger partial charge on any atom is 4.00 e. The third kappa shape index (κ3) is 12.5. The molecule has 0 radical (unpaired) electrons. The molecule has 0 amide bonds. The van der Waals surface area contributed by atoms with E-state index in [1.807, 2.05) is 0 Å². The number of halogens is 3. The van der Waals surface area contributed by atoms with Gasteiger partial charge in [-0.2, -0.15) is 22.9 Å². The molecule has 0 heterocycles. The van der Waals surface area contributed by atoms with Gasteiger partial charge in [-0.15, -0.1) is 0 Å². The minimum atomic E-state index is -1.72. The Morgan fingerprint density at radius 3 is 1.68 bits per heavy atom. The summed E-state index contributed by atoms with van der Waals surface area (Å²) in [4.78, 5) is 0. The molecule has 0 aliphatic rings. The van der Waals surface area contributed by atoms with Gasteiger partial charge in [0.15, 0.2) is 0 Å². The minimum absolute atomic E-state index is 0. The van der Waals surface area contributed by atoms with Gasteiger partial charge in [0.1, 0.15) is 0 Å². The molecule has 0 saturated heterocycles. The van der Waals surface area contributed by atoms with Crippen molar-refractivity contribution >= 4 is 18.4 Å². The first-order valence-electron chi connectivity index (χ1n) is 13.5. The zero-order valence-corrected chi connectivity index (χ0v) is 28.1. The Balaban J connectivity index is 0. The molecule has 0 unspecified atom stereocenters. The number of benzene rings is 2. The molecule has 0 nitrogen and oxygen atoms in total. The monoisotopic (exact) mass is 610 g/mol. The number of hydrogen-bond donors (Lipinski definition) is 0. The van der Waals surface area contributed by atoms with Gasteiger partial charge >= 0.3 is 21.7 Å². The van der Waals surface area contributed by atoms with Gasteiger partial charge < -0.3 is 37.2 Å². The largest absolute Gasteiger partial charge is 4.00 e. The second-order valence-electron chi connectivity index (χ2n) is 10.5. The second-order valence-corrected chi connectivity index (χ2v) is 14.9. The molecule has 202 valence electrons. The topological polar surface area (TPSA) is 0 Å². The van der Waals surface area contributed by atoms with Crippen molar-refractivity contribution in [2.24, 2.45) is 0 Å². The molecule has 0 aliphatic heterocycles. The van der Waals surface area contributed by atoms with Crippen LogP contribution in [0.1, 0.15) is 87.5 Å². The van der Waals surface area contributed by atoms with E-state index in [0.717, 1.165) is 6.42 Å². The van der Waals surface area contributed by atoms with Crippen LogP contribution in [-0.4, -0.2) is 8.07 Å². The van der Waals surface area contributed by atoms with E-state index in [0.29, 0.717) is 0 Å². The minimum Gasteiger partial charge on any atom is -1.00 e. The second kappa shape index (κ2) is 20.5. The Kier molecular flexibility index (Phi) is 21.5. The van der Waals surface area contributed by atoms with Crippen LogP contribution in [0, 0.1) is 0 Å². The summed E-state index contributed by atoms with van der Waals surface area (Å²) in [5, 5.41) is 3.20. The van der Waals surface area contributed by atoms with E-state index in [1.54, 1.807) is 21.5 Å². The third-order valence-corrected chi connectivity index (χ3v) is 10.7. The Morgan fingerprint density at radius 1 is 0.622 bits per heavy atom. The summed E-state index contributed by atoms with van der Waals surface area (Å²) in [5.74, 6) is 0. The molecule has 0 spiro atoms. The summed E-state index contributed by atoms with van der Waals surface area (Å²) >= 11 is 0. The van der Waals surface area contributed by atoms with Crippen molar-refractivity contribution in [2.75, 3.05) is 0 Å². The van der Waals surface area contributed by atoms with E-state index in [1.165, 1.54) is 75.3 Å². The van der Waals surface area contributed by atoms with Gasteiger partial charge in [-0.1, -0.05) is 131 Å². The van der Waals surface area contributed by atoms with Crippen molar-refractivity contribution < 1.29 is 58.9 Å². The van der Waals surface area contributed by atoms with Crippen LogP contribution in [0.2, 0.25) is 13.1 Å².